The SMILES string of the molecule is CS(=O)(=O)c1c(C2CC3CCC(C2)N3C(=O)c2ncn[nH]2)nc2c(-c3ccc(-c4ccccc4)[n+](O)c3)cnn2c1N. The molecule has 7 rings (SSSR count). The third-order valence-corrected chi connectivity index (χ3v) is 9.48. The van der Waals surface area contributed by atoms with Gasteiger partial charge in [0.05, 0.1) is 28.6 Å². The second-order valence-electron chi connectivity index (χ2n) is 10.9. The molecule has 5 aromatic rings. The number of nitrogens with one attached hydrogen (secondary N) is 1. The lowest BCUT2D eigenvalue weighted by atomic mass is 9.87. The summed E-state index contributed by atoms with van der Waals surface area (Å²) in [6, 6.07) is 12.9. The summed E-state index contributed by atoms with van der Waals surface area (Å²) in [4.78, 5) is 23.9. The number of piperidine rings is 1. The molecule has 6 heterocycles. The number of anilines is 1. The Balaban J connectivity index is 1.30. The standard InChI is InChI=1S/C28H27N9O4S/c1-42(40,41)24-23(18-11-19-8-9-20(12-18)36(19)28(38)26-30-15-31-34-26)33-27-21(13-32-37(27)25(24)29)17-7-10-22(35(39)14-17)16-5-3-2-4-6-16/h2-7,10,13-15,18-20H,8-9,11-12H2,1H3,(H3-,29,30,31,32,33,34,38,39)/p+1. The van der Waals surface area contributed by atoms with Crippen molar-refractivity contribution < 1.29 is 23.1 Å². The molecule has 42 heavy (non-hydrogen) atoms. The molecule has 1 aromatic carbocycles. The van der Waals surface area contributed by atoms with Gasteiger partial charge in [0.15, 0.2) is 15.5 Å². The second-order valence-corrected chi connectivity index (χ2v) is 12.8. The third kappa shape index (κ3) is 4.17. The molecular formula is C28H28N9O4S+. The minimum Gasteiger partial charge on any atom is -0.382 e. The first kappa shape index (κ1) is 26.1. The molecule has 2 fully saturated rings. The number of carbonyl (C=O) groups excluding carboxylic acids is 1. The summed E-state index contributed by atoms with van der Waals surface area (Å²) in [5, 5.41) is 21.6. The van der Waals surface area contributed by atoms with Crippen LogP contribution in [-0.2, 0) is 9.84 Å². The lowest BCUT2D eigenvalue weighted by Gasteiger charge is -2.38. The van der Waals surface area contributed by atoms with E-state index in [1.807, 2.05) is 41.3 Å². The number of hydrogen-bond donors (Lipinski definition) is 3. The van der Waals surface area contributed by atoms with Gasteiger partial charge in [-0.1, -0.05) is 18.2 Å². The van der Waals surface area contributed by atoms with Crippen molar-refractivity contribution in [2.75, 3.05) is 12.0 Å². The summed E-state index contributed by atoms with van der Waals surface area (Å²) in [5.74, 6) is -0.286. The number of nitrogens with zero attached hydrogens (tertiary/aromatic N) is 7. The van der Waals surface area contributed by atoms with E-state index in [-0.39, 0.29) is 40.4 Å². The van der Waals surface area contributed by atoms with E-state index in [0.717, 1.165) is 29.4 Å². The number of nitrogens with two attached hydrogens (primary N) is 1. The van der Waals surface area contributed by atoms with Crippen LogP contribution in [0.2, 0.25) is 0 Å². The average molecular weight is 587 g/mol. The molecule has 14 heteroatoms. The van der Waals surface area contributed by atoms with Crippen molar-refractivity contribution in [1.29, 1.82) is 0 Å². The Morgan fingerprint density at radius 3 is 2.48 bits per heavy atom. The molecule has 2 aliphatic rings. The Labute approximate surface area is 240 Å². The normalized spacial score (nSPS) is 20.3. The van der Waals surface area contributed by atoms with Crippen LogP contribution in [0.5, 0.6) is 0 Å². The predicted octanol–water partition coefficient (Wildman–Crippen LogP) is 2.24. The van der Waals surface area contributed by atoms with Crippen molar-refractivity contribution in [3.05, 3.63) is 72.7 Å². The van der Waals surface area contributed by atoms with Crippen molar-refractivity contribution in [1.82, 2.24) is 34.7 Å². The number of sulfone groups is 1. The van der Waals surface area contributed by atoms with Crippen LogP contribution in [0, 0.1) is 0 Å². The highest BCUT2D eigenvalue weighted by Crippen LogP contribution is 2.45. The summed E-state index contributed by atoms with van der Waals surface area (Å²) < 4.78 is 28.5. The molecule has 214 valence electrons. The fourth-order valence-corrected chi connectivity index (χ4v) is 7.59. The van der Waals surface area contributed by atoms with Gasteiger partial charge < -0.3 is 10.6 Å². The molecule has 2 atom stereocenters. The van der Waals surface area contributed by atoms with Gasteiger partial charge in [0.1, 0.15) is 17.0 Å². The van der Waals surface area contributed by atoms with Crippen molar-refractivity contribution in [2.45, 2.75) is 48.6 Å². The van der Waals surface area contributed by atoms with Gasteiger partial charge in [0, 0.05) is 35.1 Å². The fourth-order valence-electron chi connectivity index (χ4n) is 6.53. The molecule has 4 N–H and O–H groups in total. The van der Waals surface area contributed by atoms with Gasteiger partial charge >= 0.3 is 0 Å². The maximum atomic E-state index is 13.2. The van der Waals surface area contributed by atoms with Crippen molar-refractivity contribution in [2.24, 2.45) is 0 Å². The zero-order valence-electron chi connectivity index (χ0n) is 22.6. The number of amides is 1. The molecule has 0 saturated carbocycles. The van der Waals surface area contributed by atoms with Gasteiger partial charge in [-0.2, -0.15) is 14.7 Å². The first-order valence-corrected chi connectivity index (χ1v) is 15.5. The van der Waals surface area contributed by atoms with Crippen LogP contribution < -0.4 is 10.5 Å². The monoisotopic (exact) mass is 586 g/mol. The predicted molar refractivity (Wildman–Crippen MR) is 150 cm³/mol. The number of nitrogen functional groups attached to an aromatic ring is 1. The smallest absolute Gasteiger partial charge is 0.291 e. The minimum atomic E-state index is -3.78. The Morgan fingerprint density at radius 1 is 1.10 bits per heavy atom. The number of H-pyrrole nitrogens is 1. The quantitative estimate of drug-likeness (QED) is 0.206. The van der Waals surface area contributed by atoms with Gasteiger partial charge in [0.2, 0.25) is 12.0 Å². The molecule has 0 spiro atoms. The van der Waals surface area contributed by atoms with Gasteiger partial charge in [-0.05, 0) is 43.9 Å². The van der Waals surface area contributed by atoms with Crippen LogP contribution in [0.4, 0.5) is 5.82 Å². The molecule has 2 saturated heterocycles. The van der Waals surface area contributed by atoms with E-state index in [9.17, 15) is 18.4 Å². The van der Waals surface area contributed by atoms with E-state index in [1.54, 1.807) is 18.5 Å². The lowest BCUT2D eigenvalue weighted by molar-refractivity contribution is -0.895. The Bertz CT molecular complexity index is 1930. The Morgan fingerprint density at radius 2 is 1.83 bits per heavy atom. The molecule has 0 aliphatic carbocycles. The number of hydrogen-bond acceptors (Lipinski definition) is 9. The minimum absolute atomic E-state index is 0.0194. The maximum absolute atomic E-state index is 13.2. The van der Waals surface area contributed by atoms with Gasteiger partial charge in [0.25, 0.3) is 11.6 Å². The van der Waals surface area contributed by atoms with E-state index in [1.165, 1.54) is 10.8 Å². The van der Waals surface area contributed by atoms with E-state index in [0.29, 0.717) is 41.0 Å². The Hall–Kier alpha value is -4.85. The summed E-state index contributed by atoms with van der Waals surface area (Å²) in [5.41, 5.74) is 9.93. The van der Waals surface area contributed by atoms with Gasteiger partial charge in [-0.25, -0.2) is 18.4 Å². The van der Waals surface area contributed by atoms with Crippen LogP contribution in [0.25, 0.3) is 28.0 Å². The van der Waals surface area contributed by atoms with Crippen molar-refractivity contribution >= 4 is 27.2 Å². The van der Waals surface area contributed by atoms with E-state index in [2.05, 4.69) is 20.3 Å². The number of carbonyl (C=O) groups is 1. The van der Waals surface area contributed by atoms with E-state index >= 15 is 0 Å². The highest BCUT2D eigenvalue weighted by atomic mass is 32.2. The topological polar surface area (TPSA) is 176 Å². The van der Waals surface area contributed by atoms with Crippen LogP contribution in [0.3, 0.4) is 0 Å². The highest BCUT2D eigenvalue weighted by Gasteiger charge is 2.46. The summed E-state index contributed by atoms with van der Waals surface area (Å²) in [6.07, 6.45) is 8.22. The number of fused-ring (bicyclic) bond motifs is 3. The van der Waals surface area contributed by atoms with E-state index in [4.69, 9.17) is 10.7 Å². The average Bonchev–Trinajstić information content (AvgIpc) is 3.71. The second kappa shape index (κ2) is 9.62. The van der Waals surface area contributed by atoms with Gasteiger partial charge in [-0.15, -0.1) is 0 Å². The zero-order valence-corrected chi connectivity index (χ0v) is 23.4. The largest absolute Gasteiger partial charge is 0.382 e. The molecule has 13 nitrogen and oxygen atoms in total. The van der Waals surface area contributed by atoms with Crippen LogP contribution in [0.15, 0.2) is 66.1 Å². The number of aromatic amines is 1. The first-order chi connectivity index (χ1) is 20.2. The number of pyridine rings is 1. The summed E-state index contributed by atoms with van der Waals surface area (Å²) in [6.45, 7) is 0. The molecular weight excluding hydrogens is 558 g/mol. The molecule has 2 unspecified atom stereocenters. The zero-order chi connectivity index (χ0) is 29.2. The molecule has 0 radical (unpaired) electrons. The maximum Gasteiger partial charge on any atom is 0.291 e. The van der Waals surface area contributed by atoms with Crippen LogP contribution in [0.1, 0.15) is 47.9 Å². The number of rotatable bonds is 5. The fraction of sp³-hybridized carbons (Fsp3) is 0.286. The molecule has 2 bridgehead atoms. The van der Waals surface area contributed by atoms with Gasteiger partial charge in [-0.3, -0.25) is 15.1 Å². The molecule has 1 amide bonds. The van der Waals surface area contributed by atoms with Crippen LogP contribution >= 0.6 is 0 Å². The Kier molecular flexibility index (Phi) is 5.97. The van der Waals surface area contributed by atoms with Crippen molar-refractivity contribution in [3.8, 4) is 22.4 Å². The van der Waals surface area contributed by atoms with E-state index < -0.39 is 9.84 Å². The number of aromatic nitrogens is 7. The highest BCUT2D eigenvalue weighted by molar-refractivity contribution is 7.91. The van der Waals surface area contributed by atoms with Crippen molar-refractivity contribution in [3.63, 3.8) is 0 Å². The van der Waals surface area contributed by atoms with Crippen LogP contribution in [-0.4, -0.2) is 72.6 Å². The summed E-state index contributed by atoms with van der Waals surface area (Å²) in [7, 11) is -3.78. The molecule has 2 aliphatic heterocycles. The first-order valence-electron chi connectivity index (χ1n) is 13.6. The molecule has 4 aromatic heterocycles. The summed E-state index contributed by atoms with van der Waals surface area (Å²) >= 11 is 0. The number of benzene rings is 1. The lowest BCUT2D eigenvalue weighted by Crippen LogP contribution is -2.46. The third-order valence-electron chi connectivity index (χ3n) is 8.32.